The second kappa shape index (κ2) is 14.0. The van der Waals surface area contributed by atoms with E-state index in [-0.39, 0.29) is 19.6 Å². The number of methoxy groups -OCH3 is 2. The lowest BCUT2D eigenvalue weighted by Gasteiger charge is -2.43. The minimum absolute atomic E-state index is 0.115. The van der Waals surface area contributed by atoms with Gasteiger partial charge in [0.25, 0.3) is 0 Å². The number of esters is 2. The van der Waals surface area contributed by atoms with Crippen LogP contribution in [0, 0.1) is 0 Å². The number of fused-ring (bicyclic) bond motifs is 1. The highest BCUT2D eigenvalue weighted by molar-refractivity contribution is 5.76. The van der Waals surface area contributed by atoms with E-state index in [9.17, 15) is 14.4 Å². The first-order valence-electron chi connectivity index (χ1n) is 14.9. The summed E-state index contributed by atoms with van der Waals surface area (Å²) >= 11 is 0. The highest BCUT2D eigenvalue weighted by Gasteiger charge is 2.60. The predicted octanol–water partition coefficient (Wildman–Crippen LogP) is 1.25. The van der Waals surface area contributed by atoms with Crippen LogP contribution in [0.4, 0.5) is 0 Å². The molecule has 4 heterocycles. The average molecular weight is 651 g/mol. The van der Waals surface area contributed by atoms with Crippen LogP contribution in [-0.4, -0.2) is 129 Å². The molecule has 0 aromatic carbocycles. The van der Waals surface area contributed by atoms with Crippen LogP contribution in [0.15, 0.2) is 0 Å². The van der Waals surface area contributed by atoms with E-state index in [2.05, 4.69) is 0 Å². The van der Waals surface area contributed by atoms with E-state index in [1.807, 2.05) is 0 Å². The van der Waals surface area contributed by atoms with Crippen LogP contribution in [0.5, 0.6) is 0 Å². The van der Waals surface area contributed by atoms with Crippen molar-refractivity contribution in [3.8, 4) is 0 Å². The number of hydrogen-bond acceptors (Lipinski definition) is 15. The molecule has 9 atom stereocenters. The lowest BCUT2D eigenvalue weighted by molar-refractivity contribution is -0.317. The van der Waals surface area contributed by atoms with Crippen molar-refractivity contribution in [1.29, 1.82) is 0 Å². The Hall–Kier alpha value is -1.99. The molecule has 4 aliphatic rings. The first-order chi connectivity index (χ1) is 20.9. The van der Waals surface area contributed by atoms with Gasteiger partial charge in [-0.25, -0.2) is 0 Å². The van der Waals surface area contributed by atoms with Gasteiger partial charge in [0.1, 0.15) is 49.3 Å². The van der Waals surface area contributed by atoms with Crippen molar-refractivity contribution in [3.63, 3.8) is 0 Å². The fourth-order valence-corrected chi connectivity index (χ4v) is 5.91. The fourth-order valence-electron chi connectivity index (χ4n) is 5.91. The second-order valence-corrected chi connectivity index (χ2v) is 12.6. The van der Waals surface area contributed by atoms with Gasteiger partial charge in [0.2, 0.25) is 0 Å². The summed E-state index contributed by atoms with van der Waals surface area (Å²) in [6, 6.07) is 0. The molecule has 0 amide bonds. The van der Waals surface area contributed by atoms with Gasteiger partial charge in [-0.1, -0.05) is 0 Å². The van der Waals surface area contributed by atoms with Crippen LogP contribution in [0.3, 0.4) is 0 Å². The third-order valence-corrected chi connectivity index (χ3v) is 7.59. The van der Waals surface area contributed by atoms with E-state index in [0.717, 1.165) is 0 Å². The molecular weight excluding hydrogens is 604 g/mol. The molecule has 4 saturated heterocycles. The van der Waals surface area contributed by atoms with Gasteiger partial charge in [0.15, 0.2) is 36.0 Å². The van der Waals surface area contributed by atoms with Crippen molar-refractivity contribution in [2.75, 3.05) is 27.4 Å². The summed E-state index contributed by atoms with van der Waals surface area (Å²) in [5.41, 5.74) is 0. The summed E-state index contributed by atoms with van der Waals surface area (Å²) in [5.74, 6) is -5.65. The zero-order valence-electron chi connectivity index (χ0n) is 27.2. The van der Waals surface area contributed by atoms with Gasteiger partial charge < -0.3 is 61.9 Å². The Morgan fingerprint density at radius 1 is 0.844 bits per heavy atom. The zero-order valence-corrected chi connectivity index (χ0v) is 27.2. The first-order valence-corrected chi connectivity index (χ1v) is 14.9. The molecule has 0 aromatic heterocycles. The van der Waals surface area contributed by atoms with Crippen LogP contribution >= 0.6 is 0 Å². The summed E-state index contributed by atoms with van der Waals surface area (Å²) < 4.78 is 72.0. The van der Waals surface area contributed by atoms with E-state index < -0.39 is 103 Å². The number of hydrogen-bond donors (Lipinski definition) is 1. The Bertz CT molecular complexity index is 1060. The molecule has 258 valence electrons. The standard InChI is InChI=1S/C29H46O16/c1-14(30)38-23-22-20(42-28(4,5)44-22)15(12-36-18(33)11-10-17(31)32)39-26(23)40-19(16-13-37-27(2,3)41-16)21-24(25(34-8)35-9)45-29(6,7)43-21/h15-16,19-26H,10-13H2,1-9H3,(H,31,32)/t15-,16-,19-,20+,21+,22+,23-,24-,26+/m1/s1. The summed E-state index contributed by atoms with van der Waals surface area (Å²) in [6.07, 6.45) is -10.1. The second-order valence-electron chi connectivity index (χ2n) is 12.6. The quantitative estimate of drug-likeness (QED) is 0.222. The number of carboxylic acids is 1. The van der Waals surface area contributed by atoms with E-state index in [4.69, 9.17) is 61.9 Å². The molecule has 4 aliphatic heterocycles. The maximum absolute atomic E-state index is 12.3. The predicted molar refractivity (Wildman–Crippen MR) is 147 cm³/mol. The monoisotopic (exact) mass is 650 g/mol. The van der Waals surface area contributed by atoms with Gasteiger partial charge in [-0.15, -0.1) is 0 Å². The number of carbonyl (C=O) groups is 3. The van der Waals surface area contributed by atoms with Crippen LogP contribution in [0.25, 0.3) is 0 Å². The summed E-state index contributed by atoms with van der Waals surface area (Å²) in [5, 5.41) is 8.93. The molecule has 0 unspecified atom stereocenters. The number of carboxylic acid groups (broad SMARTS) is 1. The van der Waals surface area contributed by atoms with E-state index >= 15 is 0 Å². The molecule has 45 heavy (non-hydrogen) atoms. The van der Waals surface area contributed by atoms with Gasteiger partial charge in [-0.2, -0.15) is 0 Å². The lowest BCUT2D eigenvalue weighted by atomic mass is 9.98. The van der Waals surface area contributed by atoms with Crippen molar-refractivity contribution >= 4 is 17.9 Å². The van der Waals surface area contributed by atoms with Gasteiger partial charge in [-0.05, 0) is 41.5 Å². The lowest BCUT2D eigenvalue weighted by Crippen LogP contribution is -2.62. The Morgan fingerprint density at radius 3 is 2.04 bits per heavy atom. The van der Waals surface area contributed by atoms with Crippen LogP contribution in [0.2, 0.25) is 0 Å². The number of carbonyl (C=O) groups excluding carboxylic acids is 2. The maximum atomic E-state index is 12.3. The number of aliphatic carboxylic acids is 1. The van der Waals surface area contributed by atoms with Crippen molar-refractivity contribution in [3.05, 3.63) is 0 Å². The van der Waals surface area contributed by atoms with Crippen LogP contribution in [0.1, 0.15) is 61.3 Å². The molecule has 1 N–H and O–H groups in total. The van der Waals surface area contributed by atoms with Crippen molar-refractivity contribution < 1.29 is 76.3 Å². The average Bonchev–Trinajstić information content (AvgIpc) is 3.57. The molecular formula is C29H46O16. The molecule has 0 radical (unpaired) electrons. The Morgan fingerprint density at radius 2 is 1.47 bits per heavy atom. The zero-order chi connectivity index (χ0) is 33.3. The highest BCUT2D eigenvalue weighted by atomic mass is 16.8. The molecule has 0 bridgehead atoms. The molecule has 0 spiro atoms. The normalized spacial score (nSPS) is 35.6. The fraction of sp³-hybridized carbons (Fsp3) is 0.897. The Labute approximate surface area is 262 Å². The van der Waals surface area contributed by atoms with Crippen LogP contribution in [-0.2, 0) is 71.2 Å². The Balaban J connectivity index is 1.67. The SMILES string of the molecule is COC(OC)[C@@H]1OC(C)(C)O[C@H]1[C@H](O[C@@H]1O[C@H](COC(=O)CCC(=O)O)[C@@H]2OC(C)(C)O[C@@H]2[C@H]1OC(C)=O)[C@H]1COC(C)(C)O1. The smallest absolute Gasteiger partial charge is 0.306 e. The van der Waals surface area contributed by atoms with Crippen molar-refractivity contribution in [2.24, 2.45) is 0 Å². The molecule has 16 heteroatoms. The van der Waals surface area contributed by atoms with Crippen molar-refractivity contribution in [1.82, 2.24) is 0 Å². The molecule has 0 saturated carbocycles. The first kappa shape index (κ1) is 35.9. The minimum Gasteiger partial charge on any atom is -0.481 e. The molecule has 0 aromatic rings. The Kier molecular flexibility index (Phi) is 11.2. The van der Waals surface area contributed by atoms with Gasteiger partial charge in [0, 0.05) is 21.1 Å². The van der Waals surface area contributed by atoms with E-state index in [1.54, 1.807) is 41.5 Å². The van der Waals surface area contributed by atoms with Crippen molar-refractivity contribution in [2.45, 2.75) is 140 Å². The molecule has 16 nitrogen and oxygen atoms in total. The summed E-state index contributed by atoms with van der Waals surface area (Å²) in [4.78, 5) is 35.6. The molecule has 0 aliphatic carbocycles. The molecule has 4 rings (SSSR count). The van der Waals surface area contributed by atoms with E-state index in [0.29, 0.717) is 0 Å². The highest BCUT2D eigenvalue weighted by Crippen LogP contribution is 2.42. The third-order valence-electron chi connectivity index (χ3n) is 7.59. The number of ether oxygens (including phenoxy) is 12. The van der Waals surface area contributed by atoms with E-state index in [1.165, 1.54) is 21.1 Å². The molecule has 4 fully saturated rings. The topological polar surface area (TPSA) is 182 Å². The minimum atomic E-state index is -1.32. The summed E-state index contributed by atoms with van der Waals surface area (Å²) in [7, 11) is 2.94. The van der Waals surface area contributed by atoms with Gasteiger partial charge in [0.05, 0.1) is 19.4 Å². The number of rotatable bonds is 13. The third kappa shape index (κ3) is 8.88. The van der Waals surface area contributed by atoms with Crippen LogP contribution < -0.4 is 0 Å². The summed E-state index contributed by atoms with van der Waals surface area (Å²) in [6.45, 7) is 11.4. The van der Waals surface area contributed by atoms with Gasteiger partial charge >= 0.3 is 17.9 Å². The largest absolute Gasteiger partial charge is 0.481 e. The maximum Gasteiger partial charge on any atom is 0.306 e. The van der Waals surface area contributed by atoms with Gasteiger partial charge in [-0.3, -0.25) is 14.4 Å².